The zero-order valence-electron chi connectivity index (χ0n) is 15.8. The summed E-state index contributed by atoms with van der Waals surface area (Å²) < 4.78 is 11.3. The van der Waals surface area contributed by atoms with E-state index in [9.17, 15) is 19.7 Å². The number of nitrogens with zero attached hydrogens (tertiary/aromatic N) is 5. The van der Waals surface area contributed by atoms with Crippen LogP contribution in [0, 0.1) is 10.1 Å². The molecule has 3 rings (SSSR count). The largest absolute Gasteiger partial charge is 0.496 e. The summed E-state index contributed by atoms with van der Waals surface area (Å²) in [4.78, 5) is 38.2. The van der Waals surface area contributed by atoms with Crippen LogP contribution >= 0.6 is 0 Å². The zero-order valence-corrected chi connectivity index (χ0v) is 15.8. The molecule has 13 heteroatoms. The number of para-hydroxylation sites is 1. The Morgan fingerprint density at radius 2 is 1.93 bits per heavy atom. The third kappa shape index (κ3) is 4.95. The molecular weight excluding hydrogens is 398 g/mol. The predicted molar refractivity (Wildman–Crippen MR) is 99.9 cm³/mol. The molecule has 0 bridgehead atoms. The van der Waals surface area contributed by atoms with E-state index in [2.05, 4.69) is 25.9 Å². The van der Waals surface area contributed by atoms with Crippen LogP contribution < -0.4 is 15.4 Å². The summed E-state index contributed by atoms with van der Waals surface area (Å²) in [6, 6.07) is 8.00. The molecule has 1 aromatic carbocycles. The monoisotopic (exact) mass is 415 g/mol. The Hall–Kier alpha value is -4.29. The van der Waals surface area contributed by atoms with Crippen molar-refractivity contribution in [2.24, 2.45) is 0 Å². The van der Waals surface area contributed by atoms with Crippen molar-refractivity contribution in [2.75, 3.05) is 20.2 Å². The van der Waals surface area contributed by atoms with Crippen LogP contribution in [0.1, 0.15) is 26.9 Å². The number of aromatic nitrogens is 4. The molecular formula is C17H17N7O6. The zero-order chi connectivity index (χ0) is 21.5. The number of hydrogen-bond acceptors (Lipinski definition) is 9. The number of ether oxygens (including phenoxy) is 1. The van der Waals surface area contributed by atoms with Crippen LogP contribution in [0.25, 0.3) is 0 Å². The lowest BCUT2D eigenvalue weighted by Gasteiger charge is -2.09. The summed E-state index contributed by atoms with van der Waals surface area (Å²) in [5.41, 5.74) is 0.381. The SMILES string of the molecule is COc1ccccc1C(=O)NCCNC(=O)c1nc(Cn2ccc([N+](=O)[O-])n2)no1. The summed E-state index contributed by atoms with van der Waals surface area (Å²) in [6.45, 7) is 0.295. The maximum Gasteiger partial charge on any atom is 0.389 e. The minimum atomic E-state index is -0.627. The normalized spacial score (nSPS) is 10.4. The molecule has 0 spiro atoms. The molecule has 0 saturated carbocycles. The molecule has 0 radical (unpaired) electrons. The number of rotatable bonds is 9. The number of hydrogen-bond donors (Lipinski definition) is 2. The van der Waals surface area contributed by atoms with E-state index in [4.69, 9.17) is 9.26 Å². The Morgan fingerprint density at radius 1 is 1.20 bits per heavy atom. The molecule has 0 aliphatic carbocycles. The molecule has 0 aliphatic rings. The van der Waals surface area contributed by atoms with Crippen LogP contribution in [0.4, 0.5) is 5.82 Å². The molecule has 156 valence electrons. The van der Waals surface area contributed by atoms with E-state index in [1.807, 2.05) is 0 Å². The first-order chi connectivity index (χ1) is 14.5. The summed E-state index contributed by atoms with van der Waals surface area (Å²) in [5.74, 6) is -0.973. The highest BCUT2D eigenvalue weighted by Gasteiger charge is 2.18. The van der Waals surface area contributed by atoms with Gasteiger partial charge in [0.2, 0.25) is 0 Å². The molecule has 13 nitrogen and oxygen atoms in total. The summed E-state index contributed by atoms with van der Waals surface area (Å²) >= 11 is 0. The first-order valence-electron chi connectivity index (χ1n) is 8.67. The molecule has 0 atom stereocenters. The van der Waals surface area contributed by atoms with E-state index in [1.165, 1.54) is 24.1 Å². The van der Waals surface area contributed by atoms with E-state index in [0.29, 0.717) is 11.3 Å². The van der Waals surface area contributed by atoms with Gasteiger partial charge in [-0.1, -0.05) is 17.3 Å². The summed E-state index contributed by atoms with van der Waals surface area (Å²) in [7, 11) is 1.47. The van der Waals surface area contributed by atoms with Crippen LogP contribution in [-0.2, 0) is 6.54 Å². The lowest BCUT2D eigenvalue weighted by Crippen LogP contribution is -2.35. The molecule has 0 aliphatic heterocycles. The Labute approximate surface area is 169 Å². The Balaban J connectivity index is 1.46. The van der Waals surface area contributed by atoms with Crippen molar-refractivity contribution < 1.29 is 23.8 Å². The quantitative estimate of drug-likeness (QED) is 0.285. The van der Waals surface area contributed by atoms with Crippen LogP contribution in [-0.4, -0.2) is 56.9 Å². The molecule has 0 saturated heterocycles. The van der Waals surface area contributed by atoms with Gasteiger partial charge in [-0.15, -0.1) is 0 Å². The first kappa shape index (κ1) is 20.4. The van der Waals surface area contributed by atoms with Gasteiger partial charge in [-0.25, -0.2) is 0 Å². The minimum absolute atomic E-state index is 0.000411. The molecule has 3 aromatic rings. The number of nitro groups is 1. The van der Waals surface area contributed by atoms with Crippen LogP contribution in [0.2, 0.25) is 0 Å². The standard InChI is InChI=1S/C17H17N7O6/c1-29-12-5-3-2-4-11(12)15(25)18-7-8-19-16(26)17-20-13(22-30-17)10-23-9-6-14(21-23)24(27)28/h2-6,9H,7-8,10H2,1H3,(H,18,25)(H,19,26). The molecule has 0 fully saturated rings. The fraction of sp³-hybridized carbons (Fsp3) is 0.235. The van der Waals surface area contributed by atoms with Crippen molar-refractivity contribution in [3.8, 4) is 5.75 Å². The van der Waals surface area contributed by atoms with Crippen molar-refractivity contribution in [1.82, 2.24) is 30.6 Å². The Kier molecular flexibility index (Phi) is 6.32. The van der Waals surface area contributed by atoms with Gasteiger partial charge in [0.1, 0.15) is 12.3 Å². The highest BCUT2D eigenvalue weighted by molar-refractivity contribution is 5.97. The minimum Gasteiger partial charge on any atom is -0.496 e. The van der Waals surface area contributed by atoms with Gasteiger partial charge in [0, 0.05) is 13.1 Å². The van der Waals surface area contributed by atoms with Gasteiger partial charge in [0.15, 0.2) is 5.82 Å². The van der Waals surface area contributed by atoms with E-state index < -0.39 is 10.8 Å². The fourth-order valence-corrected chi connectivity index (χ4v) is 2.45. The van der Waals surface area contributed by atoms with E-state index in [0.717, 1.165) is 0 Å². The molecule has 2 aromatic heterocycles. The second-order valence-corrected chi connectivity index (χ2v) is 5.86. The van der Waals surface area contributed by atoms with Gasteiger partial charge in [0.25, 0.3) is 5.91 Å². The van der Waals surface area contributed by atoms with Crippen LogP contribution in [0.3, 0.4) is 0 Å². The topological polar surface area (TPSA) is 167 Å². The van der Waals surface area contributed by atoms with Crippen molar-refractivity contribution in [1.29, 1.82) is 0 Å². The first-order valence-corrected chi connectivity index (χ1v) is 8.67. The number of methoxy groups -OCH3 is 1. The number of amides is 2. The average Bonchev–Trinajstić information content (AvgIpc) is 3.41. The van der Waals surface area contributed by atoms with Gasteiger partial charge in [-0.3, -0.25) is 9.59 Å². The van der Waals surface area contributed by atoms with Gasteiger partial charge >= 0.3 is 17.6 Å². The van der Waals surface area contributed by atoms with Gasteiger partial charge in [0.05, 0.1) is 30.0 Å². The molecule has 2 amide bonds. The van der Waals surface area contributed by atoms with Crippen molar-refractivity contribution in [2.45, 2.75) is 6.54 Å². The smallest absolute Gasteiger partial charge is 0.389 e. The van der Waals surface area contributed by atoms with Gasteiger partial charge < -0.3 is 30.0 Å². The molecule has 2 heterocycles. The van der Waals surface area contributed by atoms with E-state index in [-0.39, 0.29) is 43.1 Å². The van der Waals surface area contributed by atoms with Crippen LogP contribution in [0.5, 0.6) is 5.75 Å². The molecule has 30 heavy (non-hydrogen) atoms. The maximum atomic E-state index is 12.2. The number of carbonyl (C=O) groups excluding carboxylic acids is 2. The Bertz CT molecular complexity index is 1060. The van der Waals surface area contributed by atoms with Gasteiger partial charge in [-0.05, 0) is 17.1 Å². The third-order valence-electron chi connectivity index (χ3n) is 3.83. The number of benzene rings is 1. The van der Waals surface area contributed by atoms with Crippen molar-refractivity contribution in [3.63, 3.8) is 0 Å². The third-order valence-corrected chi connectivity index (χ3v) is 3.83. The maximum absolute atomic E-state index is 12.2. The number of nitrogens with one attached hydrogen (secondary N) is 2. The van der Waals surface area contributed by atoms with Crippen LogP contribution in [0.15, 0.2) is 41.1 Å². The van der Waals surface area contributed by atoms with E-state index in [1.54, 1.807) is 24.3 Å². The lowest BCUT2D eigenvalue weighted by molar-refractivity contribution is -0.389. The summed E-state index contributed by atoms with van der Waals surface area (Å²) in [6.07, 6.45) is 1.39. The van der Waals surface area contributed by atoms with Gasteiger partial charge in [-0.2, -0.15) is 9.67 Å². The molecule has 2 N–H and O–H groups in total. The van der Waals surface area contributed by atoms with Crippen molar-refractivity contribution in [3.05, 3.63) is 63.9 Å². The fourth-order valence-electron chi connectivity index (χ4n) is 2.45. The second kappa shape index (κ2) is 9.27. The second-order valence-electron chi connectivity index (χ2n) is 5.86. The highest BCUT2D eigenvalue weighted by atomic mass is 16.6. The average molecular weight is 415 g/mol. The van der Waals surface area contributed by atoms with Crippen molar-refractivity contribution >= 4 is 17.6 Å². The lowest BCUT2D eigenvalue weighted by atomic mass is 10.2. The number of carbonyl (C=O) groups is 2. The summed E-state index contributed by atoms with van der Waals surface area (Å²) in [5, 5.41) is 23.2. The molecule has 0 unspecified atom stereocenters. The predicted octanol–water partition coefficient (Wildman–Crippen LogP) is 0.391. The van der Waals surface area contributed by atoms with E-state index >= 15 is 0 Å². The highest BCUT2D eigenvalue weighted by Crippen LogP contribution is 2.16. The Morgan fingerprint density at radius 3 is 2.63 bits per heavy atom.